The monoisotopic (exact) mass is 373 g/mol. The number of hydrogen-bond acceptors (Lipinski definition) is 0. The van der Waals surface area contributed by atoms with E-state index in [0.29, 0.717) is 0 Å². The van der Waals surface area contributed by atoms with Gasteiger partial charge in [0.2, 0.25) is 0 Å². The first-order valence-electron chi connectivity index (χ1n) is 12.7. The van der Waals surface area contributed by atoms with Gasteiger partial charge in [-0.15, -0.1) is 0 Å². The summed E-state index contributed by atoms with van der Waals surface area (Å²) in [5.41, 5.74) is 0. The molecule has 0 heterocycles. The number of rotatable bonds is 0. The van der Waals surface area contributed by atoms with Crippen LogP contribution in [-0.4, -0.2) is 0 Å². The van der Waals surface area contributed by atoms with Crippen LogP contribution in [0.1, 0.15) is 148 Å². The summed E-state index contributed by atoms with van der Waals surface area (Å²) in [6.07, 6.45) is 43.0. The summed E-state index contributed by atoms with van der Waals surface area (Å²) in [5.74, 6) is 0. The Morgan fingerprint density at radius 2 is 0.704 bits per heavy atom. The summed E-state index contributed by atoms with van der Waals surface area (Å²) in [7, 11) is 0. The molecule has 0 N–H and O–H groups in total. The van der Waals surface area contributed by atoms with Gasteiger partial charge in [-0.25, -0.2) is 0 Å². The Kier molecular flexibility index (Phi) is 19.8. The van der Waals surface area contributed by atoms with E-state index in [9.17, 15) is 0 Å². The highest BCUT2D eigenvalue weighted by Gasteiger charge is 1.96. The Hall–Kier alpha value is -0.520. The summed E-state index contributed by atoms with van der Waals surface area (Å²) in [6, 6.07) is 0. The molecule has 0 aromatic heterocycles. The SMILES string of the molecule is [C]1=C/C=C/CCCCCCCCCCCCCCCCCCCCCCC/1. The molecule has 157 valence electrons. The lowest BCUT2D eigenvalue weighted by Gasteiger charge is -2.04. The normalized spacial score (nSPS) is 25.2. The van der Waals surface area contributed by atoms with Gasteiger partial charge in [0, 0.05) is 0 Å². The summed E-state index contributed by atoms with van der Waals surface area (Å²) in [4.78, 5) is 0. The molecule has 0 aliphatic heterocycles. The Labute approximate surface area is 172 Å². The van der Waals surface area contributed by atoms with Gasteiger partial charge in [-0.3, -0.25) is 0 Å². The fraction of sp³-hybridized carbons (Fsp3) is 0.852. The fourth-order valence-electron chi connectivity index (χ4n) is 4.16. The average molecular weight is 374 g/mol. The van der Waals surface area contributed by atoms with Crippen LogP contribution < -0.4 is 0 Å². The first-order valence-corrected chi connectivity index (χ1v) is 12.7. The Morgan fingerprint density at radius 3 is 1.11 bits per heavy atom. The summed E-state index contributed by atoms with van der Waals surface area (Å²) >= 11 is 0. The average Bonchev–Trinajstić information content (AvgIpc) is 2.68. The summed E-state index contributed by atoms with van der Waals surface area (Å²) in [5, 5.41) is 0. The van der Waals surface area contributed by atoms with Crippen molar-refractivity contribution in [1.82, 2.24) is 0 Å². The molecule has 1 aliphatic rings. The molecule has 0 atom stereocenters. The largest absolute Gasteiger partial charge is 0.0845 e. The highest BCUT2D eigenvalue weighted by Crippen LogP contribution is 2.15. The molecule has 0 nitrogen and oxygen atoms in total. The molecular weight excluding hydrogens is 324 g/mol. The van der Waals surface area contributed by atoms with E-state index in [1.807, 2.05) is 0 Å². The van der Waals surface area contributed by atoms with Crippen LogP contribution in [0.4, 0.5) is 0 Å². The highest BCUT2D eigenvalue weighted by atomic mass is 14.0. The van der Waals surface area contributed by atoms with Gasteiger partial charge in [0.05, 0.1) is 0 Å². The van der Waals surface area contributed by atoms with Crippen molar-refractivity contribution in [3.63, 3.8) is 0 Å². The summed E-state index contributed by atoms with van der Waals surface area (Å²) < 4.78 is 0. The smallest absolute Gasteiger partial charge is 0.0276 e. The molecule has 0 spiro atoms. The minimum Gasteiger partial charge on any atom is -0.0845 e. The quantitative estimate of drug-likeness (QED) is 0.396. The lowest BCUT2D eigenvalue weighted by molar-refractivity contribution is 0.520. The number of allylic oxidation sites excluding steroid dienone is 4. The van der Waals surface area contributed by atoms with E-state index in [4.69, 9.17) is 0 Å². The molecule has 0 heteroatoms. The van der Waals surface area contributed by atoms with Gasteiger partial charge in [-0.05, 0) is 31.8 Å². The van der Waals surface area contributed by atoms with Crippen molar-refractivity contribution in [1.29, 1.82) is 0 Å². The second-order valence-electron chi connectivity index (χ2n) is 8.76. The van der Waals surface area contributed by atoms with Crippen molar-refractivity contribution < 1.29 is 0 Å². The second-order valence-corrected chi connectivity index (χ2v) is 8.76. The maximum Gasteiger partial charge on any atom is -0.0276 e. The standard InChI is InChI=1S/C27H49/c1-2-4-6-8-10-12-14-16-18-20-22-24-26-27-25-23-21-19-17-15-13-11-9-7-5-3-1/h1-3H,4,6-27H2/b2-1+,5-3?. The Bertz CT molecular complexity index is 293. The predicted octanol–water partition coefficient (Wildman–Crippen LogP) is 9.89. The van der Waals surface area contributed by atoms with Gasteiger partial charge in [0.1, 0.15) is 0 Å². The Balaban J connectivity index is 2.08. The lowest BCUT2D eigenvalue weighted by Crippen LogP contribution is -1.84. The molecule has 1 rings (SSSR count). The van der Waals surface area contributed by atoms with Gasteiger partial charge in [-0.2, -0.15) is 0 Å². The second kappa shape index (κ2) is 21.8. The van der Waals surface area contributed by atoms with Gasteiger partial charge in [0.15, 0.2) is 0 Å². The van der Waals surface area contributed by atoms with Crippen LogP contribution in [-0.2, 0) is 0 Å². The minimum absolute atomic E-state index is 1.14. The third-order valence-electron chi connectivity index (χ3n) is 6.04. The maximum absolute atomic E-state index is 3.44. The van der Waals surface area contributed by atoms with Crippen molar-refractivity contribution in [2.45, 2.75) is 148 Å². The van der Waals surface area contributed by atoms with Crippen LogP contribution in [0.25, 0.3) is 0 Å². The van der Waals surface area contributed by atoms with E-state index in [2.05, 4.69) is 24.3 Å². The molecule has 0 unspecified atom stereocenters. The molecule has 0 aromatic rings. The molecule has 27 heavy (non-hydrogen) atoms. The fourth-order valence-corrected chi connectivity index (χ4v) is 4.16. The molecule has 0 saturated carbocycles. The van der Waals surface area contributed by atoms with Gasteiger partial charge >= 0.3 is 0 Å². The van der Waals surface area contributed by atoms with E-state index < -0.39 is 0 Å². The van der Waals surface area contributed by atoms with E-state index in [-0.39, 0.29) is 0 Å². The zero-order chi connectivity index (χ0) is 19.1. The van der Waals surface area contributed by atoms with Gasteiger partial charge < -0.3 is 0 Å². The van der Waals surface area contributed by atoms with Crippen molar-refractivity contribution in [2.75, 3.05) is 0 Å². The molecule has 1 aliphatic carbocycles. The molecule has 0 aromatic carbocycles. The molecule has 0 amide bonds. The van der Waals surface area contributed by atoms with Crippen molar-refractivity contribution in [3.05, 3.63) is 24.3 Å². The van der Waals surface area contributed by atoms with Crippen molar-refractivity contribution in [2.24, 2.45) is 0 Å². The Morgan fingerprint density at radius 1 is 0.370 bits per heavy atom. The molecular formula is C27H49. The minimum atomic E-state index is 1.14. The van der Waals surface area contributed by atoms with Crippen LogP contribution >= 0.6 is 0 Å². The van der Waals surface area contributed by atoms with Crippen LogP contribution in [0.2, 0.25) is 0 Å². The summed E-state index contributed by atoms with van der Waals surface area (Å²) in [6.45, 7) is 0. The van der Waals surface area contributed by atoms with Gasteiger partial charge in [0.25, 0.3) is 0 Å². The van der Waals surface area contributed by atoms with Crippen molar-refractivity contribution in [3.8, 4) is 0 Å². The predicted molar refractivity (Wildman–Crippen MR) is 123 cm³/mol. The first kappa shape index (κ1) is 24.5. The third-order valence-corrected chi connectivity index (χ3v) is 6.04. The van der Waals surface area contributed by atoms with Crippen LogP contribution in [0.15, 0.2) is 18.2 Å². The molecule has 1 radical (unpaired) electrons. The first-order chi connectivity index (χ1) is 13.5. The topological polar surface area (TPSA) is 0 Å². The van der Waals surface area contributed by atoms with E-state index in [1.54, 1.807) is 0 Å². The maximum atomic E-state index is 3.44. The van der Waals surface area contributed by atoms with Gasteiger partial charge in [-0.1, -0.05) is 140 Å². The highest BCUT2D eigenvalue weighted by molar-refractivity contribution is 4.98. The van der Waals surface area contributed by atoms with E-state index in [1.165, 1.54) is 141 Å². The lowest BCUT2D eigenvalue weighted by atomic mass is 10.0. The number of hydrogen-bond donors (Lipinski definition) is 0. The third kappa shape index (κ3) is 20.0. The molecule has 0 saturated heterocycles. The van der Waals surface area contributed by atoms with E-state index in [0.717, 1.165) is 6.42 Å². The van der Waals surface area contributed by atoms with Crippen LogP contribution in [0.5, 0.6) is 0 Å². The molecule has 0 bridgehead atoms. The van der Waals surface area contributed by atoms with Crippen molar-refractivity contribution >= 4 is 0 Å². The van der Waals surface area contributed by atoms with Crippen LogP contribution in [0, 0.1) is 6.08 Å². The van der Waals surface area contributed by atoms with E-state index >= 15 is 0 Å². The zero-order valence-electron chi connectivity index (χ0n) is 18.5. The molecule has 0 fully saturated rings. The van der Waals surface area contributed by atoms with Crippen LogP contribution in [0.3, 0.4) is 0 Å². The zero-order valence-corrected chi connectivity index (χ0v) is 18.5.